The number of para-hydroxylation sites is 2. The maximum atomic E-state index is 12.3. The van der Waals surface area contributed by atoms with Gasteiger partial charge < -0.3 is 9.47 Å². The minimum atomic E-state index is -0.464. The first-order chi connectivity index (χ1) is 10.6. The lowest BCUT2D eigenvalue weighted by molar-refractivity contribution is -0.131. The van der Waals surface area contributed by atoms with E-state index in [0.717, 1.165) is 5.56 Å². The Kier molecular flexibility index (Phi) is 5.09. The quantitative estimate of drug-likeness (QED) is 0.367. The number of rotatable bonds is 5. The van der Waals surface area contributed by atoms with Crippen LogP contribution in [0.25, 0.3) is 6.08 Å². The SMILES string of the molecule is COc1ccccc1/C=C/C(=O)c1ccccc1OC(C)=O. The molecule has 2 aromatic carbocycles. The average molecular weight is 296 g/mol. The second-order valence-corrected chi connectivity index (χ2v) is 4.53. The zero-order chi connectivity index (χ0) is 15.9. The minimum Gasteiger partial charge on any atom is -0.496 e. The molecule has 4 nitrogen and oxygen atoms in total. The summed E-state index contributed by atoms with van der Waals surface area (Å²) in [6.45, 7) is 1.30. The third-order valence-corrected chi connectivity index (χ3v) is 2.96. The van der Waals surface area contributed by atoms with E-state index in [0.29, 0.717) is 11.3 Å². The van der Waals surface area contributed by atoms with Gasteiger partial charge in [-0.2, -0.15) is 0 Å². The fourth-order valence-corrected chi connectivity index (χ4v) is 1.97. The Labute approximate surface area is 129 Å². The second-order valence-electron chi connectivity index (χ2n) is 4.53. The van der Waals surface area contributed by atoms with Crippen LogP contribution in [-0.2, 0) is 4.79 Å². The van der Waals surface area contributed by atoms with Crippen molar-refractivity contribution in [1.82, 2.24) is 0 Å². The van der Waals surface area contributed by atoms with E-state index in [9.17, 15) is 9.59 Å². The first kappa shape index (κ1) is 15.5. The maximum absolute atomic E-state index is 12.3. The zero-order valence-corrected chi connectivity index (χ0v) is 12.4. The maximum Gasteiger partial charge on any atom is 0.308 e. The molecule has 0 saturated heterocycles. The van der Waals surface area contributed by atoms with Crippen LogP contribution < -0.4 is 9.47 Å². The first-order valence-corrected chi connectivity index (χ1v) is 6.74. The Morgan fingerprint density at radius 2 is 1.59 bits per heavy atom. The number of methoxy groups -OCH3 is 1. The van der Waals surface area contributed by atoms with Gasteiger partial charge in [-0.1, -0.05) is 30.3 Å². The lowest BCUT2D eigenvalue weighted by atomic mass is 10.1. The molecule has 0 fully saturated rings. The van der Waals surface area contributed by atoms with Crippen LogP contribution in [0.15, 0.2) is 54.6 Å². The van der Waals surface area contributed by atoms with Crippen LogP contribution in [-0.4, -0.2) is 18.9 Å². The number of ether oxygens (including phenoxy) is 2. The number of carbonyl (C=O) groups excluding carboxylic acids is 2. The normalized spacial score (nSPS) is 10.5. The predicted molar refractivity (Wildman–Crippen MR) is 84.1 cm³/mol. The second kappa shape index (κ2) is 7.22. The third kappa shape index (κ3) is 3.82. The van der Waals surface area contributed by atoms with E-state index in [4.69, 9.17) is 9.47 Å². The first-order valence-electron chi connectivity index (χ1n) is 6.74. The molecule has 0 aliphatic heterocycles. The summed E-state index contributed by atoms with van der Waals surface area (Å²) in [5.74, 6) is 0.223. The largest absolute Gasteiger partial charge is 0.496 e. The molecule has 22 heavy (non-hydrogen) atoms. The van der Waals surface area contributed by atoms with Crippen LogP contribution >= 0.6 is 0 Å². The van der Waals surface area contributed by atoms with E-state index in [-0.39, 0.29) is 11.5 Å². The van der Waals surface area contributed by atoms with Crippen molar-refractivity contribution in [2.24, 2.45) is 0 Å². The van der Waals surface area contributed by atoms with Crippen LogP contribution in [0, 0.1) is 0 Å². The monoisotopic (exact) mass is 296 g/mol. The Hall–Kier alpha value is -2.88. The molecule has 2 aromatic rings. The van der Waals surface area contributed by atoms with Gasteiger partial charge in [-0.3, -0.25) is 9.59 Å². The van der Waals surface area contributed by atoms with Crippen molar-refractivity contribution >= 4 is 17.8 Å². The molecule has 2 rings (SSSR count). The smallest absolute Gasteiger partial charge is 0.308 e. The number of ketones is 1. The van der Waals surface area contributed by atoms with Crippen LogP contribution in [0.3, 0.4) is 0 Å². The molecule has 0 aromatic heterocycles. The van der Waals surface area contributed by atoms with Gasteiger partial charge >= 0.3 is 5.97 Å². The molecule has 0 atom stereocenters. The molecule has 0 aliphatic rings. The van der Waals surface area contributed by atoms with Crippen molar-refractivity contribution in [3.63, 3.8) is 0 Å². The fraction of sp³-hybridized carbons (Fsp3) is 0.111. The highest BCUT2D eigenvalue weighted by molar-refractivity contribution is 6.09. The summed E-state index contributed by atoms with van der Waals surface area (Å²) in [6.07, 6.45) is 3.10. The summed E-state index contributed by atoms with van der Waals surface area (Å²) in [4.78, 5) is 23.4. The van der Waals surface area contributed by atoms with Gasteiger partial charge in [-0.25, -0.2) is 0 Å². The average Bonchev–Trinajstić information content (AvgIpc) is 2.52. The molecule has 0 radical (unpaired) electrons. The molecule has 0 spiro atoms. The zero-order valence-electron chi connectivity index (χ0n) is 12.4. The summed E-state index contributed by atoms with van der Waals surface area (Å²) in [7, 11) is 1.57. The molecular weight excluding hydrogens is 280 g/mol. The Morgan fingerprint density at radius 1 is 0.955 bits per heavy atom. The van der Waals surface area contributed by atoms with Crippen LogP contribution in [0.2, 0.25) is 0 Å². The summed E-state index contributed by atoms with van der Waals surface area (Å²) in [5.41, 5.74) is 1.13. The van der Waals surface area contributed by atoms with Crippen molar-refractivity contribution in [3.8, 4) is 11.5 Å². The summed E-state index contributed by atoms with van der Waals surface area (Å²) < 4.78 is 10.3. The van der Waals surface area contributed by atoms with Gasteiger partial charge in [0.25, 0.3) is 0 Å². The highest BCUT2D eigenvalue weighted by Gasteiger charge is 2.11. The summed E-state index contributed by atoms with van der Waals surface area (Å²) >= 11 is 0. The van der Waals surface area contributed by atoms with Gasteiger partial charge in [-0.05, 0) is 30.4 Å². The van der Waals surface area contributed by atoms with Crippen LogP contribution in [0.4, 0.5) is 0 Å². The third-order valence-electron chi connectivity index (χ3n) is 2.96. The molecule has 0 N–H and O–H groups in total. The van der Waals surface area contributed by atoms with Gasteiger partial charge in [0, 0.05) is 12.5 Å². The minimum absolute atomic E-state index is 0.247. The molecular formula is C18H16O4. The molecule has 0 bridgehead atoms. The molecule has 4 heteroatoms. The fourth-order valence-electron chi connectivity index (χ4n) is 1.97. The lowest BCUT2D eigenvalue weighted by Crippen LogP contribution is -2.06. The van der Waals surface area contributed by atoms with Crippen molar-refractivity contribution in [1.29, 1.82) is 0 Å². The Balaban J connectivity index is 2.26. The molecule has 0 heterocycles. The Bertz CT molecular complexity index is 717. The van der Waals surface area contributed by atoms with E-state index in [1.807, 2.05) is 24.3 Å². The molecule has 0 saturated carbocycles. The molecule has 0 amide bonds. The van der Waals surface area contributed by atoms with Gasteiger partial charge in [0.05, 0.1) is 12.7 Å². The standard InChI is InChI=1S/C18H16O4/c1-13(19)22-18-10-6-4-8-15(18)16(20)12-11-14-7-3-5-9-17(14)21-2/h3-12H,1-2H3/b12-11+. The molecule has 112 valence electrons. The van der Waals surface area contributed by atoms with Gasteiger partial charge in [0.1, 0.15) is 11.5 Å². The predicted octanol–water partition coefficient (Wildman–Crippen LogP) is 3.52. The van der Waals surface area contributed by atoms with Crippen molar-refractivity contribution in [2.45, 2.75) is 6.92 Å². The van der Waals surface area contributed by atoms with Crippen LogP contribution in [0.5, 0.6) is 11.5 Å². The number of esters is 1. The van der Waals surface area contributed by atoms with E-state index in [1.54, 1.807) is 37.5 Å². The number of hydrogen-bond acceptors (Lipinski definition) is 4. The van der Waals surface area contributed by atoms with Crippen molar-refractivity contribution in [2.75, 3.05) is 7.11 Å². The number of benzene rings is 2. The number of carbonyl (C=O) groups is 2. The van der Waals surface area contributed by atoms with Crippen molar-refractivity contribution < 1.29 is 19.1 Å². The van der Waals surface area contributed by atoms with E-state index < -0.39 is 5.97 Å². The lowest BCUT2D eigenvalue weighted by Gasteiger charge is -2.06. The van der Waals surface area contributed by atoms with E-state index in [2.05, 4.69) is 0 Å². The van der Waals surface area contributed by atoms with E-state index >= 15 is 0 Å². The van der Waals surface area contributed by atoms with Gasteiger partial charge in [-0.15, -0.1) is 0 Å². The summed E-state index contributed by atoms with van der Waals surface area (Å²) in [6, 6.07) is 14.0. The highest BCUT2D eigenvalue weighted by Crippen LogP contribution is 2.22. The van der Waals surface area contributed by atoms with Gasteiger partial charge in [0.2, 0.25) is 0 Å². The topological polar surface area (TPSA) is 52.6 Å². The molecule has 0 unspecified atom stereocenters. The van der Waals surface area contributed by atoms with Crippen LogP contribution in [0.1, 0.15) is 22.8 Å². The number of hydrogen-bond donors (Lipinski definition) is 0. The van der Waals surface area contributed by atoms with Crippen molar-refractivity contribution in [3.05, 3.63) is 65.7 Å². The number of allylic oxidation sites excluding steroid dienone is 1. The highest BCUT2D eigenvalue weighted by atomic mass is 16.5. The summed E-state index contributed by atoms with van der Waals surface area (Å²) in [5, 5.41) is 0. The Morgan fingerprint density at radius 3 is 2.27 bits per heavy atom. The van der Waals surface area contributed by atoms with Gasteiger partial charge in [0.15, 0.2) is 5.78 Å². The van der Waals surface area contributed by atoms with E-state index in [1.165, 1.54) is 13.0 Å². The molecule has 0 aliphatic carbocycles.